The lowest BCUT2D eigenvalue weighted by Gasteiger charge is -2.10. The van der Waals surface area contributed by atoms with Crippen molar-refractivity contribution in [3.05, 3.63) is 81.9 Å². The van der Waals surface area contributed by atoms with Crippen molar-refractivity contribution < 1.29 is 4.74 Å². The Labute approximate surface area is 129 Å². The van der Waals surface area contributed by atoms with Crippen LogP contribution in [0.25, 0.3) is 11.3 Å². The van der Waals surface area contributed by atoms with Gasteiger partial charge in [0.1, 0.15) is 0 Å². The zero-order valence-electron chi connectivity index (χ0n) is 11.8. The van der Waals surface area contributed by atoms with Gasteiger partial charge in [-0.15, -0.1) is 0 Å². The Hall–Kier alpha value is -3.48. The zero-order chi connectivity index (χ0) is 15.8. The van der Waals surface area contributed by atoms with Gasteiger partial charge in [-0.2, -0.15) is 0 Å². The van der Waals surface area contributed by atoms with Crippen LogP contribution in [-0.2, 0) is 0 Å². The highest BCUT2D eigenvalue weighted by Gasteiger charge is 2.09. The van der Waals surface area contributed by atoms with E-state index in [1.807, 2.05) is 0 Å². The maximum absolute atomic E-state index is 11.9. The van der Waals surface area contributed by atoms with Gasteiger partial charge in [0.05, 0.1) is 0 Å². The number of aromatic nitrogens is 4. The van der Waals surface area contributed by atoms with Crippen LogP contribution in [0.5, 0.6) is 11.5 Å². The molecule has 0 atom stereocenters. The number of rotatable bonds is 2. The monoisotopic (exact) mass is 306 g/mol. The molecule has 0 aliphatic carbocycles. The number of fused-ring (bicyclic) bond motifs is 2. The van der Waals surface area contributed by atoms with Gasteiger partial charge in [-0.3, -0.25) is 18.4 Å². The van der Waals surface area contributed by atoms with E-state index < -0.39 is 0 Å². The topological polar surface area (TPSA) is 78.0 Å². The minimum Gasteiger partial charge on any atom is -0.450 e. The van der Waals surface area contributed by atoms with Crippen LogP contribution >= 0.6 is 0 Å². The van der Waals surface area contributed by atoms with E-state index in [0.717, 1.165) is 0 Å². The molecule has 0 saturated heterocycles. The first-order valence-electron chi connectivity index (χ1n) is 6.85. The van der Waals surface area contributed by atoms with E-state index in [2.05, 4.69) is 9.97 Å². The molecule has 4 aromatic rings. The molecule has 4 aromatic heterocycles. The van der Waals surface area contributed by atoms with E-state index in [1.54, 1.807) is 36.7 Å². The van der Waals surface area contributed by atoms with Gasteiger partial charge < -0.3 is 4.74 Å². The standard InChI is InChI=1S/C16H10N4O3/c21-13-5-7-17-15-11(3-1-9-19(13)15)23-12-4-2-10-20-14(22)6-8-18-16(12)20/h1-10H. The molecule has 0 N–H and O–H groups in total. The van der Waals surface area contributed by atoms with Gasteiger partial charge >= 0.3 is 0 Å². The van der Waals surface area contributed by atoms with Crippen LogP contribution in [-0.4, -0.2) is 18.8 Å². The number of hydrogen-bond donors (Lipinski definition) is 0. The fourth-order valence-corrected chi connectivity index (χ4v) is 2.35. The van der Waals surface area contributed by atoms with Crippen molar-refractivity contribution in [3.8, 4) is 11.5 Å². The van der Waals surface area contributed by atoms with Crippen molar-refractivity contribution in [2.75, 3.05) is 0 Å². The molecule has 0 aliphatic heterocycles. The predicted octanol–water partition coefficient (Wildman–Crippen LogP) is 1.49. The fraction of sp³-hybridized carbons (Fsp3) is 0. The van der Waals surface area contributed by atoms with Crippen LogP contribution in [0.2, 0.25) is 0 Å². The normalized spacial score (nSPS) is 11.0. The first-order chi connectivity index (χ1) is 11.2. The minimum atomic E-state index is -0.201. The molecule has 7 nitrogen and oxygen atoms in total. The van der Waals surface area contributed by atoms with Crippen LogP contribution in [0.3, 0.4) is 0 Å². The van der Waals surface area contributed by atoms with Crippen LogP contribution in [0.1, 0.15) is 0 Å². The van der Waals surface area contributed by atoms with Crippen molar-refractivity contribution in [3.63, 3.8) is 0 Å². The van der Waals surface area contributed by atoms with Gasteiger partial charge in [0.15, 0.2) is 22.8 Å². The summed E-state index contributed by atoms with van der Waals surface area (Å²) >= 11 is 0. The molecular formula is C16H10N4O3. The summed E-state index contributed by atoms with van der Waals surface area (Å²) < 4.78 is 8.65. The van der Waals surface area contributed by atoms with Crippen LogP contribution < -0.4 is 15.9 Å². The van der Waals surface area contributed by atoms with E-state index in [4.69, 9.17) is 4.74 Å². The Morgan fingerprint density at radius 3 is 1.70 bits per heavy atom. The van der Waals surface area contributed by atoms with Crippen molar-refractivity contribution in [2.45, 2.75) is 0 Å². The SMILES string of the molecule is O=c1ccnc2c(Oc3cccn4c(=O)ccnc34)cccn12. The molecule has 0 bridgehead atoms. The quantitative estimate of drug-likeness (QED) is 0.561. The lowest BCUT2D eigenvalue weighted by Crippen LogP contribution is -2.14. The highest BCUT2D eigenvalue weighted by Crippen LogP contribution is 2.26. The summed E-state index contributed by atoms with van der Waals surface area (Å²) in [6, 6.07) is 9.52. The summed E-state index contributed by atoms with van der Waals surface area (Å²) in [6.45, 7) is 0. The predicted molar refractivity (Wildman–Crippen MR) is 83.0 cm³/mol. The fourth-order valence-electron chi connectivity index (χ4n) is 2.35. The molecule has 0 spiro atoms. The van der Waals surface area contributed by atoms with Gasteiger partial charge in [-0.25, -0.2) is 9.97 Å². The molecule has 0 unspecified atom stereocenters. The van der Waals surface area contributed by atoms with Gasteiger partial charge in [-0.05, 0) is 24.3 Å². The largest absolute Gasteiger partial charge is 0.450 e. The Morgan fingerprint density at radius 1 is 0.739 bits per heavy atom. The van der Waals surface area contributed by atoms with Crippen molar-refractivity contribution >= 4 is 11.3 Å². The van der Waals surface area contributed by atoms with E-state index in [1.165, 1.54) is 33.3 Å². The number of hydrogen-bond acceptors (Lipinski definition) is 5. The van der Waals surface area contributed by atoms with Crippen molar-refractivity contribution in [1.82, 2.24) is 18.8 Å². The zero-order valence-corrected chi connectivity index (χ0v) is 11.8. The maximum atomic E-state index is 11.9. The molecule has 0 aliphatic rings. The third-order valence-corrected chi connectivity index (χ3v) is 3.39. The summed E-state index contributed by atoms with van der Waals surface area (Å²) in [5.74, 6) is 0.799. The van der Waals surface area contributed by atoms with Gasteiger partial charge in [-0.1, -0.05) is 0 Å². The second-order valence-corrected chi connectivity index (χ2v) is 4.80. The second kappa shape index (κ2) is 5.06. The molecule has 0 saturated carbocycles. The Morgan fingerprint density at radius 2 is 1.22 bits per heavy atom. The molecule has 0 aromatic carbocycles. The lowest BCUT2D eigenvalue weighted by atomic mass is 10.4. The second-order valence-electron chi connectivity index (χ2n) is 4.80. The van der Waals surface area contributed by atoms with Gasteiger partial charge in [0.25, 0.3) is 11.1 Å². The van der Waals surface area contributed by atoms with Crippen LogP contribution in [0, 0.1) is 0 Å². The number of nitrogens with zero attached hydrogens (tertiary/aromatic N) is 4. The Kier molecular flexibility index (Phi) is 2.90. The summed E-state index contributed by atoms with van der Waals surface area (Å²) in [4.78, 5) is 32.1. The van der Waals surface area contributed by atoms with Crippen LogP contribution in [0.15, 0.2) is 70.8 Å². The summed E-state index contributed by atoms with van der Waals surface area (Å²) in [5, 5.41) is 0. The minimum absolute atomic E-state index is 0.201. The molecule has 23 heavy (non-hydrogen) atoms. The first kappa shape index (κ1) is 13.2. The van der Waals surface area contributed by atoms with E-state index >= 15 is 0 Å². The average Bonchev–Trinajstić information content (AvgIpc) is 2.57. The third-order valence-electron chi connectivity index (χ3n) is 3.39. The van der Waals surface area contributed by atoms with Gasteiger partial charge in [0, 0.05) is 36.9 Å². The van der Waals surface area contributed by atoms with Crippen LogP contribution in [0.4, 0.5) is 0 Å². The Bertz CT molecular complexity index is 1060. The smallest absolute Gasteiger partial charge is 0.257 e. The van der Waals surface area contributed by atoms with Gasteiger partial charge in [0.2, 0.25) is 0 Å². The summed E-state index contributed by atoms with van der Waals surface area (Å²) in [6.07, 6.45) is 6.08. The molecule has 4 heterocycles. The van der Waals surface area contributed by atoms with E-state index in [0.29, 0.717) is 22.8 Å². The molecule has 0 amide bonds. The lowest BCUT2D eigenvalue weighted by molar-refractivity contribution is 0.485. The van der Waals surface area contributed by atoms with Crippen molar-refractivity contribution in [2.24, 2.45) is 0 Å². The van der Waals surface area contributed by atoms with E-state index in [9.17, 15) is 9.59 Å². The molecule has 0 radical (unpaired) electrons. The maximum Gasteiger partial charge on any atom is 0.257 e. The summed E-state index contributed by atoms with van der Waals surface area (Å²) in [7, 11) is 0. The molecule has 112 valence electrons. The number of pyridine rings is 2. The highest BCUT2D eigenvalue weighted by atomic mass is 16.5. The third kappa shape index (κ3) is 2.15. The average molecular weight is 306 g/mol. The van der Waals surface area contributed by atoms with Crippen molar-refractivity contribution in [1.29, 1.82) is 0 Å². The summed E-state index contributed by atoms with van der Waals surface area (Å²) in [5.41, 5.74) is 0.376. The first-order valence-corrected chi connectivity index (χ1v) is 6.85. The molecule has 7 heteroatoms. The number of ether oxygens (including phenoxy) is 1. The molecular weight excluding hydrogens is 296 g/mol. The highest BCUT2D eigenvalue weighted by molar-refractivity contribution is 5.59. The Balaban J connectivity index is 1.93. The van der Waals surface area contributed by atoms with E-state index in [-0.39, 0.29) is 11.1 Å². The molecule has 4 rings (SSSR count). The molecule has 0 fully saturated rings.